The monoisotopic (exact) mass is 426 g/mol. The van der Waals surface area contributed by atoms with Crippen molar-refractivity contribution in [3.63, 3.8) is 0 Å². The molecule has 160 valence electrons. The molecule has 0 aliphatic heterocycles. The molecular weight excluding hydrogens is 405 g/mol. The number of unbranched alkanes of at least 4 members (excludes halogenated alkanes) is 1. The molecule has 0 radical (unpaired) electrons. The van der Waals surface area contributed by atoms with Gasteiger partial charge in [0.2, 0.25) is 0 Å². The van der Waals surface area contributed by atoms with Crippen molar-refractivity contribution in [2.24, 2.45) is 0 Å². The molecule has 0 amide bonds. The summed E-state index contributed by atoms with van der Waals surface area (Å²) in [5, 5.41) is 1.61. The van der Waals surface area contributed by atoms with Crippen LogP contribution in [0, 0.1) is 0 Å². The third-order valence-electron chi connectivity index (χ3n) is 4.88. The average Bonchev–Trinajstić information content (AvgIpc) is 2.76. The summed E-state index contributed by atoms with van der Waals surface area (Å²) in [5.74, 6) is -0.504. The van der Waals surface area contributed by atoms with Crippen molar-refractivity contribution in [1.82, 2.24) is 0 Å². The number of benzene rings is 3. The Morgan fingerprint density at radius 1 is 1.03 bits per heavy atom. The van der Waals surface area contributed by atoms with Gasteiger partial charge in [0.1, 0.15) is 0 Å². The fourth-order valence-corrected chi connectivity index (χ4v) is 3.32. The van der Waals surface area contributed by atoms with Gasteiger partial charge >= 0.3 is 12.1 Å². The van der Waals surface area contributed by atoms with E-state index in [2.05, 4.69) is 0 Å². The first-order chi connectivity index (χ1) is 14.8. The van der Waals surface area contributed by atoms with Crippen molar-refractivity contribution in [2.45, 2.75) is 25.9 Å². The zero-order chi connectivity index (χ0) is 22.4. The molecule has 3 aromatic rings. The van der Waals surface area contributed by atoms with Crippen LogP contribution in [0.4, 0.5) is 13.2 Å². The third-order valence-corrected chi connectivity index (χ3v) is 4.88. The Morgan fingerprint density at radius 3 is 2.52 bits per heavy atom. The summed E-state index contributed by atoms with van der Waals surface area (Å²) in [6, 6.07) is 14.1. The number of hydrogen-bond donors (Lipinski definition) is 0. The van der Waals surface area contributed by atoms with Gasteiger partial charge in [0, 0.05) is 11.6 Å². The molecule has 0 unspecified atom stereocenters. The highest BCUT2D eigenvalue weighted by molar-refractivity contribution is 6.05. The molecule has 31 heavy (non-hydrogen) atoms. The largest absolute Gasteiger partial charge is 0.463 e. The molecule has 0 fully saturated rings. The van der Waals surface area contributed by atoms with Crippen molar-refractivity contribution in [3.05, 3.63) is 77.4 Å². The van der Waals surface area contributed by atoms with E-state index in [0.717, 1.165) is 35.7 Å². The highest BCUT2D eigenvalue weighted by Gasteiger charge is 2.31. The first kappa shape index (κ1) is 22.3. The molecule has 0 aromatic heterocycles. The highest BCUT2D eigenvalue weighted by atomic mass is 19.4. The summed E-state index contributed by atoms with van der Waals surface area (Å²) in [6.45, 7) is 2.30. The van der Waals surface area contributed by atoms with E-state index in [0.29, 0.717) is 29.6 Å². The molecule has 0 saturated heterocycles. The van der Waals surface area contributed by atoms with Gasteiger partial charge in [-0.2, -0.15) is 13.2 Å². The number of ether oxygens (including phenoxy) is 1. The Labute approximate surface area is 178 Å². The predicted octanol–water partition coefficient (Wildman–Crippen LogP) is 6.69. The number of carbonyl (C=O) groups excluding carboxylic acids is 2. The summed E-state index contributed by atoms with van der Waals surface area (Å²) < 4.78 is 44.5. The van der Waals surface area contributed by atoms with Gasteiger partial charge in [-0.25, -0.2) is 4.79 Å². The van der Waals surface area contributed by atoms with Crippen LogP contribution in [0.5, 0.6) is 0 Å². The maximum absolute atomic E-state index is 13.1. The quantitative estimate of drug-likeness (QED) is 0.183. The zero-order valence-electron chi connectivity index (χ0n) is 16.9. The smallest absolute Gasteiger partial charge is 0.416 e. The van der Waals surface area contributed by atoms with E-state index in [-0.39, 0.29) is 5.56 Å². The first-order valence-electron chi connectivity index (χ1n) is 9.88. The van der Waals surface area contributed by atoms with Gasteiger partial charge in [0.15, 0.2) is 6.29 Å². The Kier molecular flexibility index (Phi) is 6.90. The van der Waals surface area contributed by atoms with Crippen LogP contribution < -0.4 is 0 Å². The van der Waals surface area contributed by atoms with Crippen molar-refractivity contribution in [1.29, 1.82) is 0 Å². The number of fused-ring (bicyclic) bond motifs is 1. The molecule has 0 aliphatic carbocycles. The van der Waals surface area contributed by atoms with Gasteiger partial charge in [-0.15, -0.1) is 0 Å². The Balaban J connectivity index is 2.13. The first-order valence-corrected chi connectivity index (χ1v) is 9.88. The number of aldehydes is 1. The summed E-state index contributed by atoms with van der Waals surface area (Å²) in [4.78, 5) is 23.7. The van der Waals surface area contributed by atoms with Crippen LogP contribution in [0.3, 0.4) is 0 Å². The lowest BCUT2D eigenvalue weighted by Crippen LogP contribution is -2.06. The minimum atomic E-state index is -4.56. The molecule has 0 aliphatic rings. The van der Waals surface area contributed by atoms with Crippen molar-refractivity contribution in [2.75, 3.05) is 6.61 Å². The topological polar surface area (TPSA) is 43.4 Å². The van der Waals surface area contributed by atoms with Gasteiger partial charge in [0.25, 0.3) is 0 Å². The SMILES string of the molecule is CCCCOC(=O)/C=C/c1ccc2ccccc2c1-c1ccc(C(F)(F)F)cc1C=O. The fourth-order valence-electron chi connectivity index (χ4n) is 3.32. The molecule has 0 heterocycles. The Bertz CT molecular complexity index is 1130. The van der Waals surface area contributed by atoms with Crippen LogP contribution in [-0.4, -0.2) is 18.9 Å². The molecule has 0 atom stereocenters. The van der Waals surface area contributed by atoms with E-state index >= 15 is 0 Å². The van der Waals surface area contributed by atoms with Crippen molar-refractivity contribution < 1.29 is 27.5 Å². The van der Waals surface area contributed by atoms with E-state index in [1.807, 2.05) is 37.3 Å². The second-order valence-corrected chi connectivity index (χ2v) is 7.02. The van der Waals surface area contributed by atoms with Gasteiger partial charge in [-0.1, -0.05) is 55.8 Å². The molecule has 6 heteroatoms. The molecule has 3 nitrogen and oxygen atoms in total. The summed E-state index contributed by atoms with van der Waals surface area (Å²) >= 11 is 0. The maximum atomic E-state index is 13.1. The van der Waals surface area contributed by atoms with Gasteiger partial charge < -0.3 is 4.74 Å². The molecule has 0 N–H and O–H groups in total. The van der Waals surface area contributed by atoms with Crippen LogP contribution in [0.1, 0.15) is 41.3 Å². The van der Waals surface area contributed by atoms with Crippen LogP contribution in [-0.2, 0) is 15.7 Å². The number of carbonyl (C=O) groups is 2. The van der Waals surface area contributed by atoms with E-state index < -0.39 is 17.7 Å². The minimum Gasteiger partial charge on any atom is -0.463 e. The van der Waals surface area contributed by atoms with Gasteiger partial charge in [-0.3, -0.25) is 4.79 Å². The summed E-state index contributed by atoms with van der Waals surface area (Å²) in [5.41, 5.74) is 0.556. The van der Waals surface area contributed by atoms with Crippen LogP contribution in [0.2, 0.25) is 0 Å². The molecule has 0 bridgehead atoms. The van der Waals surface area contributed by atoms with E-state index in [9.17, 15) is 22.8 Å². The lowest BCUT2D eigenvalue weighted by Gasteiger charge is -2.15. The molecule has 3 aromatic carbocycles. The molecule has 0 spiro atoms. The zero-order valence-corrected chi connectivity index (χ0v) is 16.9. The molecule has 0 saturated carbocycles. The van der Waals surface area contributed by atoms with Crippen molar-refractivity contribution >= 4 is 29.1 Å². The number of esters is 1. The van der Waals surface area contributed by atoms with Gasteiger partial charge in [0.05, 0.1) is 12.2 Å². The third kappa shape index (κ3) is 5.20. The lowest BCUT2D eigenvalue weighted by molar-refractivity contribution is -0.138. The van der Waals surface area contributed by atoms with Crippen LogP contribution in [0.15, 0.2) is 60.7 Å². The van der Waals surface area contributed by atoms with Crippen molar-refractivity contribution in [3.8, 4) is 11.1 Å². The van der Waals surface area contributed by atoms with E-state index in [4.69, 9.17) is 4.74 Å². The standard InChI is InChI=1S/C25H21F3O3/c1-2-3-14-31-23(30)13-10-18-9-8-17-6-4-5-7-21(17)24(18)22-12-11-20(25(26,27)28)15-19(22)16-29/h4-13,15-16H,2-3,14H2,1H3/b13-10+. The fraction of sp³-hybridized carbons (Fsp3) is 0.200. The van der Waals surface area contributed by atoms with E-state index in [1.165, 1.54) is 12.1 Å². The van der Waals surface area contributed by atoms with Gasteiger partial charge in [-0.05, 0) is 52.1 Å². The second-order valence-electron chi connectivity index (χ2n) is 7.02. The Morgan fingerprint density at radius 2 is 1.81 bits per heavy atom. The number of alkyl halides is 3. The van der Waals surface area contributed by atoms with Crippen LogP contribution >= 0.6 is 0 Å². The molecular formula is C25H21F3O3. The van der Waals surface area contributed by atoms with Crippen LogP contribution in [0.25, 0.3) is 28.0 Å². The second kappa shape index (κ2) is 9.60. The highest BCUT2D eigenvalue weighted by Crippen LogP contribution is 2.37. The summed E-state index contributed by atoms with van der Waals surface area (Å²) in [6.07, 6.45) is 0.360. The molecule has 3 rings (SSSR count). The summed E-state index contributed by atoms with van der Waals surface area (Å²) in [7, 11) is 0. The number of halogens is 3. The van der Waals surface area contributed by atoms with E-state index in [1.54, 1.807) is 12.1 Å². The maximum Gasteiger partial charge on any atom is 0.416 e. The lowest BCUT2D eigenvalue weighted by atomic mass is 9.89. The predicted molar refractivity (Wildman–Crippen MR) is 115 cm³/mol. The normalized spacial score (nSPS) is 11.7. The Hall–Kier alpha value is -3.41. The number of hydrogen-bond acceptors (Lipinski definition) is 3. The average molecular weight is 426 g/mol. The number of rotatable bonds is 7. The minimum absolute atomic E-state index is 0.0775.